The number of aromatic nitrogens is 2. The summed E-state index contributed by atoms with van der Waals surface area (Å²) in [6.07, 6.45) is 0. The minimum absolute atomic E-state index is 0.0959. The molecular formula is C17H13BrN2O4. The van der Waals surface area contributed by atoms with Crippen molar-refractivity contribution in [3.8, 4) is 0 Å². The van der Waals surface area contributed by atoms with E-state index in [2.05, 4.69) is 21.0 Å². The first kappa shape index (κ1) is 16.2. The van der Waals surface area contributed by atoms with Gasteiger partial charge in [0, 0.05) is 4.47 Å². The van der Waals surface area contributed by atoms with Gasteiger partial charge in [-0.15, -0.1) is 0 Å². The van der Waals surface area contributed by atoms with Crippen LogP contribution in [0.25, 0.3) is 10.8 Å². The zero-order valence-corrected chi connectivity index (χ0v) is 14.1. The van der Waals surface area contributed by atoms with Gasteiger partial charge in [-0.25, -0.2) is 4.68 Å². The van der Waals surface area contributed by atoms with Gasteiger partial charge in [-0.05, 0) is 29.8 Å². The standard InChI is InChI=1S/C17H13BrN2O4/c18-12-7-5-11(6-8-12)10-24-15(21)9-20-17(23)14-4-2-1-3-13(14)16(22)19-20/h1-8H,9-10H2,(H,19,22). The van der Waals surface area contributed by atoms with Crippen molar-refractivity contribution in [3.63, 3.8) is 0 Å². The molecule has 0 saturated carbocycles. The summed E-state index contributed by atoms with van der Waals surface area (Å²) in [5, 5.41) is 2.96. The summed E-state index contributed by atoms with van der Waals surface area (Å²) in [4.78, 5) is 36.2. The number of benzene rings is 2. The second-order valence-electron chi connectivity index (χ2n) is 5.16. The van der Waals surface area contributed by atoms with E-state index < -0.39 is 17.1 Å². The molecule has 24 heavy (non-hydrogen) atoms. The highest BCUT2D eigenvalue weighted by atomic mass is 79.9. The van der Waals surface area contributed by atoms with Crippen LogP contribution in [0, 0.1) is 0 Å². The maximum absolute atomic E-state index is 12.3. The summed E-state index contributed by atoms with van der Waals surface area (Å²) in [6, 6.07) is 13.8. The predicted octanol–water partition coefficient (Wildman–Crippen LogP) is 2.20. The number of esters is 1. The number of carbonyl (C=O) groups excluding carboxylic acids is 1. The average molecular weight is 389 g/mol. The molecule has 0 saturated heterocycles. The topological polar surface area (TPSA) is 81.2 Å². The molecule has 0 atom stereocenters. The molecule has 0 amide bonds. The van der Waals surface area contributed by atoms with Crippen LogP contribution in [0.1, 0.15) is 5.56 Å². The molecule has 3 rings (SSSR count). The van der Waals surface area contributed by atoms with Gasteiger partial charge in [-0.3, -0.25) is 19.5 Å². The Morgan fingerprint density at radius 3 is 2.42 bits per heavy atom. The summed E-state index contributed by atoms with van der Waals surface area (Å²) in [5.74, 6) is -0.606. The molecule has 0 bridgehead atoms. The third-order valence-corrected chi connectivity index (χ3v) is 4.01. The third-order valence-electron chi connectivity index (χ3n) is 3.48. The van der Waals surface area contributed by atoms with Crippen molar-refractivity contribution in [1.82, 2.24) is 9.78 Å². The maximum atomic E-state index is 12.3. The Bertz CT molecular complexity index is 1010. The van der Waals surface area contributed by atoms with E-state index in [9.17, 15) is 14.4 Å². The second-order valence-corrected chi connectivity index (χ2v) is 6.08. The van der Waals surface area contributed by atoms with Crippen LogP contribution in [0.15, 0.2) is 62.6 Å². The number of H-pyrrole nitrogens is 1. The number of nitrogens with one attached hydrogen (secondary N) is 1. The minimum Gasteiger partial charge on any atom is -0.459 e. The van der Waals surface area contributed by atoms with Crippen LogP contribution in [-0.2, 0) is 22.7 Å². The van der Waals surface area contributed by atoms with E-state index in [0.29, 0.717) is 5.39 Å². The first-order valence-corrected chi connectivity index (χ1v) is 7.96. The van der Waals surface area contributed by atoms with Crippen LogP contribution in [0.3, 0.4) is 0 Å². The molecule has 0 radical (unpaired) electrons. The van der Waals surface area contributed by atoms with Crippen LogP contribution < -0.4 is 11.1 Å². The molecule has 1 N–H and O–H groups in total. The number of nitrogens with zero attached hydrogens (tertiary/aromatic N) is 1. The number of fused-ring (bicyclic) bond motifs is 1. The Kier molecular flexibility index (Phi) is 4.61. The molecule has 3 aromatic rings. The van der Waals surface area contributed by atoms with Crippen molar-refractivity contribution in [2.45, 2.75) is 13.2 Å². The maximum Gasteiger partial charge on any atom is 0.328 e. The van der Waals surface area contributed by atoms with E-state index in [1.54, 1.807) is 24.3 Å². The van der Waals surface area contributed by atoms with E-state index in [-0.39, 0.29) is 18.5 Å². The first-order chi connectivity index (χ1) is 11.5. The number of rotatable bonds is 4. The van der Waals surface area contributed by atoms with Gasteiger partial charge in [-0.2, -0.15) is 0 Å². The predicted molar refractivity (Wildman–Crippen MR) is 92.8 cm³/mol. The van der Waals surface area contributed by atoms with Gasteiger partial charge in [0.05, 0.1) is 10.8 Å². The fourth-order valence-electron chi connectivity index (χ4n) is 2.28. The summed E-state index contributed by atoms with van der Waals surface area (Å²) >= 11 is 3.32. The Hall–Kier alpha value is -2.67. The zero-order chi connectivity index (χ0) is 17.1. The van der Waals surface area contributed by atoms with Crippen molar-refractivity contribution >= 4 is 32.7 Å². The number of halogens is 1. The van der Waals surface area contributed by atoms with Crippen LogP contribution in [0.4, 0.5) is 0 Å². The molecule has 122 valence electrons. The van der Waals surface area contributed by atoms with Gasteiger partial charge in [0.1, 0.15) is 13.2 Å². The SMILES string of the molecule is O=C(Cn1[nH]c(=O)c2ccccc2c1=O)OCc1ccc(Br)cc1. The highest BCUT2D eigenvalue weighted by Crippen LogP contribution is 2.11. The highest BCUT2D eigenvalue weighted by Gasteiger charge is 2.11. The Balaban J connectivity index is 1.76. The number of hydrogen-bond acceptors (Lipinski definition) is 4. The molecule has 0 aliphatic rings. The fourth-order valence-corrected chi connectivity index (χ4v) is 2.54. The van der Waals surface area contributed by atoms with Gasteiger partial charge in [0.15, 0.2) is 0 Å². The van der Waals surface area contributed by atoms with Crippen molar-refractivity contribution in [3.05, 3.63) is 79.3 Å². The average Bonchev–Trinajstić information content (AvgIpc) is 2.59. The third kappa shape index (κ3) is 3.46. The Labute approximate surface area is 144 Å². The van der Waals surface area contributed by atoms with Crippen LogP contribution in [-0.4, -0.2) is 15.7 Å². The van der Waals surface area contributed by atoms with E-state index in [0.717, 1.165) is 14.7 Å². The normalized spacial score (nSPS) is 10.7. The molecule has 0 fully saturated rings. The lowest BCUT2D eigenvalue weighted by Crippen LogP contribution is -2.32. The first-order valence-electron chi connectivity index (χ1n) is 7.16. The van der Waals surface area contributed by atoms with Crippen molar-refractivity contribution < 1.29 is 9.53 Å². The van der Waals surface area contributed by atoms with Crippen LogP contribution >= 0.6 is 15.9 Å². The van der Waals surface area contributed by atoms with Crippen LogP contribution in [0.2, 0.25) is 0 Å². The highest BCUT2D eigenvalue weighted by molar-refractivity contribution is 9.10. The number of carbonyl (C=O) groups is 1. The van der Waals surface area contributed by atoms with Crippen LogP contribution in [0.5, 0.6) is 0 Å². The smallest absolute Gasteiger partial charge is 0.328 e. The lowest BCUT2D eigenvalue weighted by atomic mass is 10.2. The Morgan fingerprint density at radius 2 is 1.71 bits per heavy atom. The number of aromatic amines is 1. The van der Waals surface area contributed by atoms with Crippen molar-refractivity contribution in [2.24, 2.45) is 0 Å². The molecule has 0 unspecified atom stereocenters. The molecule has 6 nitrogen and oxygen atoms in total. The fraction of sp³-hybridized carbons (Fsp3) is 0.118. The molecular weight excluding hydrogens is 376 g/mol. The lowest BCUT2D eigenvalue weighted by Gasteiger charge is -2.08. The van der Waals surface area contributed by atoms with Gasteiger partial charge in [0.2, 0.25) is 0 Å². The molecule has 0 spiro atoms. The van der Waals surface area contributed by atoms with E-state index in [4.69, 9.17) is 4.74 Å². The molecule has 1 heterocycles. The number of ether oxygens (including phenoxy) is 1. The monoisotopic (exact) mass is 388 g/mol. The molecule has 0 aliphatic heterocycles. The van der Waals surface area contributed by atoms with E-state index in [1.807, 2.05) is 24.3 Å². The Morgan fingerprint density at radius 1 is 1.04 bits per heavy atom. The van der Waals surface area contributed by atoms with E-state index >= 15 is 0 Å². The second kappa shape index (κ2) is 6.84. The van der Waals surface area contributed by atoms with Gasteiger partial charge >= 0.3 is 5.97 Å². The molecule has 0 aliphatic carbocycles. The van der Waals surface area contributed by atoms with Gasteiger partial charge in [0.25, 0.3) is 11.1 Å². The zero-order valence-electron chi connectivity index (χ0n) is 12.5. The van der Waals surface area contributed by atoms with Gasteiger partial charge in [-0.1, -0.05) is 40.2 Å². The van der Waals surface area contributed by atoms with Crippen molar-refractivity contribution in [1.29, 1.82) is 0 Å². The van der Waals surface area contributed by atoms with Crippen molar-refractivity contribution in [2.75, 3.05) is 0 Å². The number of hydrogen-bond donors (Lipinski definition) is 1. The molecule has 7 heteroatoms. The summed E-state index contributed by atoms with van der Waals surface area (Å²) < 4.78 is 7.04. The largest absolute Gasteiger partial charge is 0.459 e. The quantitative estimate of drug-likeness (QED) is 0.694. The summed E-state index contributed by atoms with van der Waals surface area (Å²) in [6.45, 7) is -0.256. The molecule has 2 aromatic carbocycles. The minimum atomic E-state index is -0.606. The summed E-state index contributed by atoms with van der Waals surface area (Å²) in [7, 11) is 0. The molecule has 1 aromatic heterocycles. The lowest BCUT2D eigenvalue weighted by molar-refractivity contribution is -0.146. The summed E-state index contributed by atoms with van der Waals surface area (Å²) in [5.41, 5.74) is -0.0393. The van der Waals surface area contributed by atoms with Gasteiger partial charge < -0.3 is 4.74 Å². The van der Waals surface area contributed by atoms with E-state index in [1.165, 1.54) is 0 Å².